The fraction of sp³-hybridized carbons (Fsp3) is 0.316. The topological polar surface area (TPSA) is 78.4 Å². The Morgan fingerprint density at radius 3 is 2.30 bits per heavy atom. The van der Waals surface area contributed by atoms with Crippen molar-refractivity contribution >= 4 is 23.0 Å². The van der Waals surface area contributed by atoms with Crippen molar-refractivity contribution in [3.63, 3.8) is 0 Å². The van der Waals surface area contributed by atoms with E-state index in [1.807, 2.05) is 25.1 Å². The highest BCUT2D eigenvalue weighted by Crippen LogP contribution is 2.40. The normalized spacial score (nSPS) is 10.6. The molecule has 0 aliphatic heterocycles. The van der Waals surface area contributed by atoms with Crippen LogP contribution in [-0.4, -0.2) is 36.3 Å². The number of anilines is 2. The predicted molar refractivity (Wildman–Crippen MR) is 107 cm³/mol. The lowest BCUT2D eigenvalue weighted by molar-refractivity contribution is 0.324. The second-order valence-electron chi connectivity index (χ2n) is 5.68. The van der Waals surface area contributed by atoms with Crippen molar-refractivity contribution in [1.29, 1.82) is 0 Å². The molecule has 27 heavy (non-hydrogen) atoms. The maximum Gasteiger partial charge on any atom is 0.227 e. The third kappa shape index (κ3) is 3.95. The van der Waals surface area contributed by atoms with Gasteiger partial charge in [-0.1, -0.05) is 6.92 Å². The van der Waals surface area contributed by atoms with Crippen LogP contribution in [0.5, 0.6) is 17.2 Å². The number of rotatable bonds is 7. The van der Waals surface area contributed by atoms with Crippen LogP contribution in [0.4, 0.5) is 11.6 Å². The fourth-order valence-electron chi connectivity index (χ4n) is 2.67. The third-order valence-corrected chi connectivity index (χ3v) is 5.28. The largest absolute Gasteiger partial charge is 0.493 e. The van der Waals surface area contributed by atoms with Gasteiger partial charge in [0.05, 0.1) is 42.6 Å². The van der Waals surface area contributed by atoms with Crippen LogP contribution in [0, 0.1) is 6.92 Å². The first-order valence-corrected chi connectivity index (χ1v) is 9.28. The Hall–Kier alpha value is -2.87. The van der Waals surface area contributed by atoms with Gasteiger partial charge in [-0.15, -0.1) is 11.3 Å². The molecule has 3 rings (SSSR count). The van der Waals surface area contributed by atoms with Gasteiger partial charge in [-0.05, 0) is 19.4 Å². The van der Waals surface area contributed by atoms with Crippen LogP contribution in [0.15, 0.2) is 24.4 Å². The second kappa shape index (κ2) is 8.22. The monoisotopic (exact) mass is 386 g/mol. The molecule has 2 aromatic heterocycles. The number of benzene rings is 1. The number of aromatic nitrogens is 3. The van der Waals surface area contributed by atoms with Gasteiger partial charge < -0.3 is 19.5 Å². The molecule has 142 valence electrons. The van der Waals surface area contributed by atoms with E-state index in [0.717, 1.165) is 33.4 Å². The van der Waals surface area contributed by atoms with E-state index in [1.165, 1.54) is 0 Å². The number of methoxy groups -OCH3 is 3. The number of hydrogen-bond acceptors (Lipinski definition) is 8. The summed E-state index contributed by atoms with van der Waals surface area (Å²) in [5.41, 5.74) is 2.56. The van der Waals surface area contributed by atoms with Crippen molar-refractivity contribution in [2.75, 3.05) is 26.6 Å². The Kier molecular flexibility index (Phi) is 5.75. The first kappa shape index (κ1) is 18.9. The summed E-state index contributed by atoms with van der Waals surface area (Å²) in [5, 5.41) is 4.30. The maximum absolute atomic E-state index is 5.39. The van der Waals surface area contributed by atoms with Gasteiger partial charge in [0.1, 0.15) is 0 Å². The number of hydrogen-bond donors (Lipinski definition) is 1. The minimum Gasteiger partial charge on any atom is -0.493 e. The number of aryl methyl sites for hydroxylation is 2. The lowest BCUT2D eigenvalue weighted by Crippen LogP contribution is -2.00. The summed E-state index contributed by atoms with van der Waals surface area (Å²) in [6.45, 7) is 4.10. The van der Waals surface area contributed by atoms with Crippen LogP contribution in [0.3, 0.4) is 0 Å². The van der Waals surface area contributed by atoms with Gasteiger partial charge in [-0.3, -0.25) is 0 Å². The molecule has 0 saturated carbocycles. The molecule has 8 heteroatoms. The van der Waals surface area contributed by atoms with Crippen LogP contribution in [-0.2, 0) is 6.42 Å². The number of nitrogens with zero attached hydrogens (tertiary/aromatic N) is 3. The minimum absolute atomic E-state index is 0.479. The molecule has 0 amide bonds. The van der Waals surface area contributed by atoms with Crippen molar-refractivity contribution in [1.82, 2.24) is 15.0 Å². The van der Waals surface area contributed by atoms with E-state index in [0.29, 0.717) is 23.2 Å². The molecule has 0 unspecified atom stereocenters. The molecule has 0 atom stereocenters. The van der Waals surface area contributed by atoms with Crippen molar-refractivity contribution in [2.24, 2.45) is 0 Å². The van der Waals surface area contributed by atoms with Crippen LogP contribution >= 0.6 is 11.3 Å². The first-order chi connectivity index (χ1) is 13.1. The van der Waals surface area contributed by atoms with E-state index in [2.05, 4.69) is 27.2 Å². The average Bonchev–Trinajstić information content (AvgIpc) is 3.08. The summed E-state index contributed by atoms with van der Waals surface area (Å²) in [7, 11) is 4.73. The summed E-state index contributed by atoms with van der Waals surface area (Å²) >= 11 is 1.66. The zero-order valence-electron chi connectivity index (χ0n) is 16.0. The van der Waals surface area contributed by atoms with E-state index in [9.17, 15) is 0 Å². The van der Waals surface area contributed by atoms with Crippen molar-refractivity contribution in [3.8, 4) is 27.8 Å². The first-order valence-electron chi connectivity index (χ1n) is 8.46. The Morgan fingerprint density at radius 1 is 1.04 bits per heavy atom. The Labute approximate surface area is 162 Å². The molecular formula is C19H22N4O3S. The summed E-state index contributed by atoms with van der Waals surface area (Å²) in [6, 6.07) is 5.51. The fourth-order valence-corrected chi connectivity index (χ4v) is 3.64. The molecule has 1 N–H and O–H groups in total. The molecule has 2 heterocycles. The van der Waals surface area contributed by atoms with Crippen LogP contribution in [0.2, 0.25) is 0 Å². The molecule has 0 bridgehead atoms. The van der Waals surface area contributed by atoms with Crippen molar-refractivity contribution < 1.29 is 14.2 Å². The lowest BCUT2D eigenvalue weighted by atomic mass is 10.2. The highest BCUT2D eigenvalue weighted by molar-refractivity contribution is 7.15. The summed E-state index contributed by atoms with van der Waals surface area (Å²) < 4.78 is 16.1. The Balaban J connectivity index is 1.93. The molecule has 7 nitrogen and oxygen atoms in total. The van der Waals surface area contributed by atoms with Gasteiger partial charge in [-0.25, -0.2) is 15.0 Å². The lowest BCUT2D eigenvalue weighted by Gasteiger charge is -2.14. The summed E-state index contributed by atoms with van der Waals surface area (Å²) in [5.74, 6) is 2.13. The SMILES string of the molecule is CCc1nc(C)c(-c2ccnc(Nc3cc(OC)c(OC)c(OC)c3)n2)s1. The molecule has 0 radical (unpaired) electrons. The molecule has 0 aliphatic carbocycles. The Morgan fingerprint density at radius 2 is 1.74 bits per heavy atom. The molecular weight excluding hydrogens is 364 g/mol. The quantitative estimate of drug-likeness (QED) is 0.650. The molecule has 0 fully saturated rings. The van der Waals surface area contributed by atoms with Crippen molar-refractivity contribution in [2.45, 2.75) is 20.3 Å². The highest BCUT2D eigenvalue weighted by Gasteiger charge is 2.15. The standard InChI is InChI=1S/C19H22N4O3S/c1-6-16-21-11(2)18(27-16)13-7-8-20-19(23-13)22-12-9-14(24-3)17(26-5)15(10-12)25-4/h7-10H,6H2,1-5H3,(H,20,22,23). The van der Waals surface area contributed by atoms with Gasteiger partial charge >= 0.3 is 0 Å². The van der Waals surface area contributed by atoms with Gasteiger partial charge in [0.25, 0.3) is 0 Å². The van der Waals surface area contributed by atoms with Crippen LogP contribution in [0.25, 0.3) is 10.6 Å². The average molecular weight is 386 g/mol. The zero-order chi connectivity index (χ0) is 19.4. The van der Waals surface area contributed by atoms with E-state index < -0.39 is 0 Å². The van der Waals surface area contributed by atoms with Gasteiger partial charge in [0, 0.05) is 24.0 Å². The van der Waals surface area contributed by atoms with Crippen LogP contribution in [0.1, 0.15) is 17.6 Å². The van der Waals surface area contributed by atoms with E-state index in [1.54, 1.807) is 38.9 Å². The second-order valence-corrected chi connectivity index (χ2v) is 6.76. The van der Waals surface area contributed by atoms with Gasteiger partial charge in [0.15, 0.2) is 11.5 Å². The van der Waals surface area contributed by atoms with Gasteiger partial charge in [0.2, 0.25) is 11.7 Å². The predicted octanol–water partition coefficient (Wildman–Crippen LogP) is 4.24. The summed E-state index contributed by atoms with van der Waals surface area (Å²) in [6.07, 6.45) is 2.64. The molecule has 0 saturated heterocycles. The third-order valence-electron chi connectivity index (χ3n) is 3.95. The minimum atomic E-state index is 0.479. The highest BCUT2D eigenvalue weighted by atomic mass is 32.1. The molecule has 1 aromatic carbocycles. The van der Waals surface area contributed by atoms with Gasteiger partial charge in [-0.2, -0.15) is 0 Å². The van der Waals surface area contributed by atoms with E-state index in [-0.39, 0.29) is 0 Å². The van der Waals surface area contributed by atoms with Crippen LogP contribution < -0.4 is 19.5 Å². The molecule has 3 aromatic rings. The molecule has 0 aliphatic rings. The number of ether oxygens (including phenoxy) is 3. The number of thiazole rings is 1. The zero-order valence-corrected chi connectivity index (χ0v) is 16.8. The number of nitrogens with one attached hydrogen (secondary N) is 1. The summed E-state index contributed by atoms with van der Waals surface area (Å²) in [4.78, 5) is 14.6. The van der Waals surface area contributed by atoms with E-state index >= 15 is 0 Å². The smallest absolute Gasteiger partial charge is 0.227 e. The molecule has 0 spiro atoms. The maximum atomic E-state index is 5.39. The van der Waals surface area contributed by atoms with Crippen molar-refractivity contribution in [3.05, 3.63) is 35.1 Å². The Bertz CT molecular complexity index is 917. The van der Waals surface area contributed by atoms with E-state index in [4.69, 9.17) is 14.2 Å².